The van der Waals surface area contributed by atoms with Crippen molar-refractivity contribution in [1.29, 1.82) is 0 Å². The summed E-state index contributed by atoms with van der Waals surface area (Å²) in [4.78, 5) is 22.9. The molecule has 3 atom stereocenters. The second-order valence-electron chi connectivity index (χ2n) is 10.4. The van der Waals surface area contributed by atoms with Crippen LogP contribution in [0.4, 0.5) is 11.7 Å². The molecule has 1 saturated carbocycles. The molecular formula is C28H34N8O2. The van der Waals surface area contributed by atoms with Crippen molar-refractivity contribution in [2.45, 2.75) is 63.6 Å². The largest absolute Gasteiger partial charge is 0.424 e. The molecule has 38 heavy (non-hydrogen) atoms. The number of oxazole rings is 1. The van der Waals surface area contributed by atoms with Crippen molar-refractivity contribution in [3.63, 3.8) is 0 Å². The van der Waals surface area contributed by atoms with Crippen LogP contribution in [-0.4, -0.2) is 56.7 Å². The lowest BCUT2D eigenvalue weighted by Gasteiger charge is -2.40. The second-order valence-corrected chi connectivity index (χ2v) is 10.4. The molecule has 1 aliphatic heterocycles. The van der Waals surface area contributed by atoms with Crippen LogP contribution in [0.15, 0.2) is 53.2 Å². The summed E-state index contributed by atoms with van der Waals surface area (Å²) in [6.07, 6.45) is 10.7. The van der Waals surface area contributed by atoms with Gasteiger partial charge in [-0.2, -0.15) is 5.10 Å². The molecule has 198 valence electrons. The average molecular weight is 515 g/mol. The molecule has 6 rings (SSSR count). The summed E-state index contributed by atoms with van der Waals surface area (Å²) in [5.74, 6) is 0.933. The SMILES string of the molecule is Cc1nc2ccc(N3CCCC(NC4CCCCC4Nc4ncc(-c5cccc(C(N)=O)c5)o4)C3)cn2n1. The van der Waals surface area contributed by atoms with E-state index in [1.54, 1.807) is 24.4 Å². The van der Waals surface area contributed by atoms with Gasteiger partial charge >= 0.3 is 0 Å². The number of fused-ring (bicyclic) bond motifs is 1. The predicted molar refractivity (Wildman–Crippen MR) is 146 cm³/mol. The topological polar surface area (TPSA) is 127 Å². The minimum Gasteiger partial charge on any atom is -0.424 e. The first kappa shape index (κ1) is 24.4. The Labute approximate surface area is 221 Å². The maximum absolute atomic E-state index is 11.6. The zero-order chi connectivity index (χ0) is 26.1. The molecule has 0 spiro atoms. The lowest BCUT2D eigenvalue weighted by atomic mass is 9.89. The van der Waals surface area contributed by atoms with Crippen molar-refractivity contribution < 1.29 is 9.21 Å². The van der Waals surface area contributed by atoms with E-state index in [2.05, 4.69) is 42.9 Å². The average Bonchev–Trinajstić information content (AvgIpc) is 3.55. The van der Waals surface area contributed by atoms with Crippen molar-refractivity contribution >= 4 is 23.3 Å². The standard InChI is InChI=1S/C28H34N8O2/c1-18-31-26-12-11-22(17-36(26)34-18)35-13-5-8-21(16-35)32-23-9-2-3-10-24(23)33-28-30-15-25(38-28)19-6-4-7-20(14-19)27(29)37/h4,6-7,11-12,14-15,17,21,23-24,32H,2-3,5,8-10,13,16H2,1H3,(H2,29,37)(H,30,33). The molecule has 2 aliphatic rings. The number of nitrogens with zero attached hydrogens (tertiary/aromatic N) is 5. The van der Waals surface area contributed by atoms with Crippen LogP contribution in [0, 0.1) is 6.92 Å². The monoisotopic (exact) mass is 514 g/mol. The van der Waals surface area contributed by atoms with E-state index in [9.17, 15) is 4.79 Å². The van der Waals surface area contributed by atoms with E-state index in [1.165, 1.54) is 18.5 Å². The fraction of sp³-hybridized carbons (Fsp3) is 0.429. The summed E-state index contributed by atoms with van der Waals surface area (Å²) in [5, 5.41) is 12.0. The first-order valence-corrected chi connectivity index (χ1v) is 13.5. The van der Waals surface area contributed by atoms with Gasteiger partial charge in [0, 0.05) is 42.3 Å². The molecule has 0 bridgehead atoms. The molecule has 3 aromatic heterocycles. The molecule has 1 aromatic carbocycles. The van der Waals surface area contributed by atoms with Gasteiger partial charge < -0.3 is 25.7 Å². The van der Waals surface area contributed by atoms with E-state index in [1.807, 2.05) is 23.6 Å². The zero-order valence-corrected chi connectivity index (χ0v) is 21.6. The van der Waals surface area contributed by atoms with Crippen LogP contribution in [0.3, 0.4) is 0 Å². The number of benzene rings is 1. The third-order valence-electron chi connectivity index (χ3n) is 7.67. The van der Waals surface area contributed by atoms with Crippen molar-refractivity contribution in [1.82, 2.24) is 24.9 Å². The molecule has 0 radical (unpaired) electrons. The molecular weight excluding hydrogens is 480 g/mol. The highest BCUT2D eigenvalue weighted by Crippen LogP contribution is 2.28. The highest BCUT2D eigenvalue weighted by atomic mass is 16.4. The van der Waals surface area contributed by atoms with Crippen LogP contribution in [0.5, 0.6) is 0 Å². The zero-order valence-electron chi connectivity index (χ0n) is 21.6. The number of hydrogen-bond donors (Lipinski definition) is 3. The van der Waals surface area contributed by atoms with E-state index < -0.39 is 5.91 Å². The highest BCUT2D eigenvalue weighted by molar-refractivity contribution is 5.93. The van der Waals surface area contributed by atoms with Crippen LogP contribution in [0.2, 0.25) is 0 Å². The summed E-state index contributed by atoms with van der Waals surface area (Å²) in [7, 11) is 0. The smallest absolute Gasteiger partial charge is 0.295 e. The third-order valence-corrected chi connectivity index (χ3v) is 7.67. The Bertz CT molecular complexity index is 1430. The van der Waals surface area contributed by atoms with Crippen LogP contribution < -0.4 is 21.3 Å². The second kappa shape index (κ2) is 10.4. The number of nitrogens with two attached hydrogens (primary N) is 1. The van der Waals surface area contributed by atoms with E-state index in [-0.39, 0.29) is 6.04 Å². The van der Waals surface area contributed by atoms with Crippen LogP contribution in [-0.2, 0) is 0 Å². The van der Waals surface area contributed by atoms with E-state index in [0.717, 1.165) is 55.8 Å². The fourth-order valence-corrected chi connectivity index (χ4v) is 5.78. The number of anilines is 2. The molecule has 10 heteroatoms. The van der Waals surface area contributed by atoms with Gasteiger partial charge in [0.2, 0.25) is 5.91 Å². The van der Waals surface area contributed by atoms with Crippen LogP contribution in [0.25, 0.3) is 17.0 Å². The first-order valence-electron chi connectivity index (χ1n) is 13.5. The molecule has 1 saturated heterocycles. The summed E-state index contributed by atoms with van der Waals surface area (Å²) >= 11 is 0. The van der Waals surface area contributed by atoms with Gasteiger partial charge in [-0.3, -0.25) is 4.79 Å². The Morgan fingerprint density at radius 1 is 1.11 bits per heavy atom. The Hall–Kier alpha value is -3.92. The van der Waals surface area contributed by atoms with E-state index >= 15 is 0 Å². The molecule has 1 aliphatic carbocycles. The van der Waals surface area contributed by atoms with E-state index in [4.69, 9.17) is 10.2 Å². The molecule has 2 fully saturated rings. The molecule has 3 unspecified atom stereocenters. The normalized spacial score (nSPS) is 22.0. The van der Waals surface area contributed by atoms with Crippen LogP contribution >= 0.6 is 0 Å². The number of carbonyl (C=O) groups is 1. The number of carbonyl (C=O) groups excluding carboxylic acids is 1. The number of hydrogen-bond acceptors (Lipinski definition) is 8. The summed E-state index contributed by atoms with van der Waals surface area (Å²) in [6.45, 7) is 3.92. The number of rotatable bonds is 7. The van der Waals surface area contributed by atoms with E-state index in [0.29, 0.717) is 29.4 Å². The highest BCUT2D eigenvalue weighted by Gasteiger charge is 2.30. The van der Waals surface area contributed by atoms with Crippen LogP contribution in [0.1, 0.15) is 54.7 Å². The van der Waals surface area contributed by atoms with Gasteiger partial charge in [-0.15, -0.1) is 0 Å². The Balaban J connectivity index is 1.11. The number of piperidine rings is 1. The molecule has 10 nitrogen and oxygen atoms in total. The number of nitrogens with one attached hydrogen (secondary N) is 2. The van der Waals surface area contributed by atoms with Gasteiger partial charge in [0.1, 0.15) is 5.82 Å². The minimum atomic E-state index is -0.462. The van der Waals surface area contributed by atoms with Crippen molar-refractivity contribution in [2.24, 2.45) is 5.73 Å². The number of aromatic nitrogens is 4. The van der Waals surface area contributed by atoms with Gasteiger partial charge in [0.05, 0.1) is 18.1 Å². The Morgan fingerprint density at radius 3 is 2.84 bits per heavy atom. The lowest BCUT2D eigenvalue weighted by Crippen LogP contribution is -2.54. The predicted octanol–water partition coefficient (Wildman–Crippen LogP) is 3.77. The summed E-state index contributed by atoms with van der Waals surface area (Å²) in [5.41, 5.74) is 8.72. The third kappa shape index (κ3) is 5.22. The number of amides is 1. The maximum Gasteiger partial charge on any atom is 0.295 e. The molecule has 1 amide bonds. The van der Waals surface area contributed by atoms with Gasteiger partial charge in [-0.1, -0.05) is 25.0 Å². The Kier molecular flexibility index (Phi) is 6.71. The van der Waals surface area contributed by atoms with Gasteiger partial charge in [-0.25, -0.2) is 14.5 Å². The van der Waals surface area contributed by atoms with Crippen molar-refractivity contribution in [2.75, 3.05) is 23.3 Å². The van der Waals surface area contributed by atoms with Crippen molar-refractivity contribution in [3.05, 3.63) is 60.2 Å². The quantitative estimate of drug-likeness (QED) is 0.340. The number of pyridine rings is 1. The first-order chi connectivity index (χ1) is 18.5. The minimum absolute atomic E-state index is 0.233. The van der Waals surface area contributed by atoms with Gasteiger partial charge in [0.15, 0.2) is 11.4 Å². The maximum atomic E-state index is 11.6. The number of primary amides is 1. The Morgan fingerprint density at radius 2 is 1.97 bits per heavy atom. The van der Waals surface area contributed by atoms with Gasteiger partial charge in [-0.05, 0) is 56.9 Å². The van der Waals surface area contributed by atoms with Crippen molar-refractivity contribution in [3.8, 4) is 11.3 Å². The number of aryl methyl sites for hydroxylation is 1. The molecule has 4 aromatic rings. The lowest BCUT2D eigenvalue weighted by molar-refractivity contribution is 0.100. The van der Waals surface area contributed by atoms with Gasteiger partial charge in [0.25, 0.3) is 6.01 Å². The fourth-order valence-electron chi connectivity index (χ4n) is 5.78. The molecule has 4 N–H and O–H groups in total. The molecule has 4 heterocycles. The summed E-state index contributed by atoms with van der Waals surface area (Å²) < 4.78 is 7.91. The summed E-state index contributed by atoms with van der Waals surface area (Å²) in [6, 6.07) is 12.8.